The number of anilines is 1. The number of hydrogen-bond donors (Lipinski definition) is 1. The fourth-order valence-corrected chi connectivity index (χ4v) is 3.86. The molecule has 0 fully saturated rings. The van der Waals surface area contributed by atoms with Gasteiger partial charge in [-0.2, -0.15) is 0 Å². The molecule has 7 nitrogen and oxygen atoms in total. The van der Waals surface area contributed by atoms with E-state index < -0.39 is 21.7 Å². The number of rotatable bonds is 7. The van der Waals surface area contributed by atoms with E-state index in [-0.39, 0.29) is 11.5 Å². The Kier molecular flexibility index (Phi) is 7.02. The van der Waals surface area contributed by atoms with Crippen molar-refractivity contribution in [2.24, 2.45) is 0 Å². The lowest BCUT2D eigenvalue weighted by molar-refractivity contribution is -0.111. The highest BCUT2D eigenvalue weighted by Crippen LogP contribution is 2.25. The standard InChI is InChI=1S/C21H26N2O5S/c1-6-23-14(3)18(20(15(23)4)21(25)28-7-2)11-12-19(24)22-16-9-8-10-17(13-16)29(5,26)27/h8-13H,6-7H2,1-5H3,(H,22,24)/b12-11+. The van der Waals surface area contributed by atoms with Crippen LogP contribution in [0.2, 0.25) is 0 Å². The van der Waals surface area contributed by atoms with Gasteiger partial charge in [-0.25, -0.2) is 13.2 Å². The van der Waals surface area contributed by atoms with Gasteiger partial charge in [-0.05, 0) is 52.0 Å². The van der Waals surface area contributed by atoms with Gasteiger partial charge in [-0.1, -0.05) is 6.07 Å². The maximum atomic E-state index is 12.4. The molecule has 8 heteroatoms. The van der Waals surface area contributed by atoms with Crippen molar-refractivity contribution in [2.45, 2.75) is 39.1 Å². The van der Waals surface area contributed by atoms with Gasteiger partial charge in [0.05, 0.1) is 17.1 Å². The Bertz CT molecular complexity index is 1060. The predicted octanol–water partition coefficient (Wildman–Crippen LogP) is 3.36. The van der Waals surface area contributed by atoms with Gasteiger partial charge in [0.1, 0.15) is 0 Å². The Labute approximate surface area is 171 Å². The number of nitrogens with one attached hydrogen (secondary N) is 1. The number of ether oxygens (including phenoxy) is 1. The fourth-order valence-electron chi connectivity index (χ4n) is 3.19. The zero-order valence-corrected chi connectivity index (χ0v) is 18.1. The van der Waals surface area contributed by atoms with E-state index >= 15 is 0 Å². The first-order valence-electron chi connectivity index (χ1n) is 9.26. The zero-order valence-electron chi connectivity index (χ0n) is 17.3. The zero-order chi connectivity index (χ0) is 21.8. The van der Waals surface area contributed by atoms with Crippen molar-refractivity contribution in [1.82, 2.24) is 4.57 Å². The lowest BCUT2D eigenvalue weighted by Gasteiger charge is -2.05. The maximum absolute atomic E-state index is 12.4. The number of sulfone groups is 1. The van der Waals surface area contributed by atoms with Crippen LogP contribution in [0.15, 0.2) is 35.2 Å². The molecule has 0 aliphatic carbocycles. The lowest BCUT2D eigenvalue weighted by atomic mass is 10.1. The molecule has 2 aromatic rings. The highest BCUT2D eigenvalue weighted by atomic mass is 32.2. The van der Waals surface area contributed by atoms with E-state index in [4.69, 9.17) is 4.74 Å². The molecular formula is C21H26N2O5S. The van der Waals surface area contributed by atoms with Crippen LogP contribution in [-0.4, -0.2) is 37.7 Å². The molecule has 156 valence electrons. The van der Waals surface area contributed by atoms with Gasteiger partial charge in [-0.3, -0.25) is 4.79 Å². The van der Waals surface area contributed by atoms with Crippen LogP contribution in [0.5, 0.6) is 0 Å². The van der Waals surface area contributed by atoms with E-state index in [1.165, 1.54) is 18.2 Å². The number of esters is 1. The third-order valence-corrected chi connectivity index (χ3v) is 5.67. The van der Waals surface area contributed by atoms with Gasteiger partial charge in [-0.15, -0.1) is 0 Å². The van der Waals surface area contributed by atoms with E-state index in [1.807, 2.05) is 25.3 Å². The number of carbonyl (C=O) groups is 2. The molecular weight excluding hydrogens is 392 g/mol. The Hall–Kier alpha value is -2.87. The monoisotopic (exact) mass is 418 g/mol. The first-order chi connectivity index (χ1) is 13.6. The van der Waals surface area contributed by atoms with E-state index in [0.29, 0.717) is 23.4 Å². The topological polar surface area (TPSA) is 94.5 Å². The van der Waals surface area contributed by atoms with Crippen LogP contribution >= 0.6 is 0 Å². The van der Waals surface area contributed by atoms with Gasteiger partial charge in [0, 0.05) is 41.5 Å². The minimum atomic E-state index is -3.37. The predicted molar refractivity (Wildman–Crippen MR) is 113 cm³/mol. The first kappa shape index (κ1) is 22.4. The van der Waals surface area contributed by atoms with Gasteiger partial charge >= 0.3 is 5.97 Å². The van der Waals surface area contributed by atoms with Gasteiger partial charge in [0.15, 0.2) is 9.84 Å². The van der Waals surface area contributed by atoms with Gasteiger partial charge in [0.2, 0.25) is 5.91 Å². The van der Waals surface area contributed by atoms with Crippen molar-refractivity contribution in [2.75, 3.05) is 18.2 Å². The summed E-state index contributed by atoms with van der Waals surface area (Å²) in [5.41, 5.74) is 3.07. The molecule has 0 aliphatic rings. The average molecular weight is 419 g/mol. The van der Waals surface area contributed by atoms with E-state index in [2.05, 4.69) is 5.32 Å². The van der Waals surface area contributed by atoms with Crippen molar-refractivity contribution >= 4 is 33.5 Å². The lowest BCUT2D eigenvalue weighted by Crippen LogP contribution is -2.09. The first-order valence-corrected chi connectivity index (χ1v) is 11.1. The molecule has 1 amide bonds. The molecule has 1 aromatic carbocycles. The summed E-state index contributed by atoms with van der Waals surface area (Å²) in [6, 6.07) is 6.02. The highest BCUT2D eigenvalue weighted by molar-refractivity contribution is 7.90. The third-order valence-electron chi connectivity index (χ3n) is 4.56. The number of carbonyl (C=O) groups excluding carboxylic acids is 2. The van der Waals surface area contributed by atoms with Gasteiger partial charge in [0.25, 0.3) is 0 Å². The summed E-state index contributed by atoms with van der Waals surface area (Å²) >= 11 is 0. The summed E-state index contributed by atoms with van der Waals surface area (Å²) in [5.74, 6) is -0.868. The second-order valence-electron chi connectivity index (χ2n) is 6.55. The number of benzene rings is 1. The smallest absolute Gasteiger partial charge is 0.340 e. The van der Waals surface area contributed by atoms with Crippen molar-refractivity contribution < 1.29 is 22.7 Å². The normalized spacial score (nSPS) is 11.6. The number of hydrogen-bond acceptors (Lipinski definition) is 5. The van der Waals surface area contributed by atoms with Crippen LogP contribution in [0.25, 0.3) is 6.08 Å². The fraction of sp³-hybridized carbons (Fsp3) is 0.333. The summed E-state index contributed by atoms with van der Waals surface area (Å²) < 4.78 is 30.5. The molecule has 0 unspecified atom stereocenters. The van der Waals surface area contributed by atoms with Crippen molar-refractivity contribution in [1.29, 1.82) is 0 Å². The summed E-state index contributed by atoms with van der Waals surface area (Å²) in [6.45, 7) is 8.38. The van der Waals surface area contributed by atoms with Crippen molar-refractivity contribution in [3.63, 3.8) is 0 Å². The largest absolute Gasteiger partial charge is 0.462 e. The molecule has 0 spiro atoms. The molecule has 0 radical (unpaired) electrons. The Morgan fingerprint density at radius 2 is 1.86 bits per heavy atom. The highest BCUT2D eigenvalue weighted by Gasteiger charge is 2.22. The maximum Gasteiger partial charge on any atom is 0.340 e. The molecule has 2 rings (SSSR count). The number of amides is 1. The van der Waals surface area contributed by atoms with Crippen molar-refractivity contribution in [3.8, 4) is 0 Å². The molecule has 0 aliphatic heterocycles. The van der Waals surface area contributed by atoms with Crippen LogP contribution in [0, 0.1) is 13.8 Å². The van der Waals surface area contributed by atoms with E-state index in [9.17, 15) is 18.0 Å². The third kappa shape index (κ3) is 5.14. The van der Waals surface area contributed by atoms with Crippen LogP contribution in [0.3, 0.4) is 0 Å². The molecule has 0 saturated carbocycles. The van der Waals surface area contributed by atoms with Gasteiger partial charge < -0.3 is 14.6 Å². The summed E-state index contributed by atoms with van der Waals surface area (Å²) in [4.78, 5) is 24.9. The van der Waals surface area contributed by atoms with E-state index in [0.717, 1.165) is 17.6 Å². The van der Waals surface area contributed by atoms with Crippen LogP contribution < -0.4 is 5.32 Å². The Balaban J connectivity index is 2.32. The number of aromatic nitrogens is 1. The average Bonchev–Trinajstić information content (AvgIpc) is 2.89. The Morgan fingerprint density at radius 1 is 1.17 bits per heavy atom. The Morgan fingerprint density at radius 3 is 2.45 bits per heavy atom. The van der Waals surface area contributed by atoms with Crippen LogP contribution in [-0.2, 0) is 25.9 Å². The molecule has 1 aromatic heterocycles. The SMILES string of the molecule is CCOC(=O)c1c(/C=C/C(=O)Nc2cccc(S(C)(=O)=O)c2)c(C)n(CC)c1C. The second kappa shape index (κ2) is 9.09. The summed E-state index contributed by atoms with van der Waals surface area (Å²) in [6.07, 6.45) is 4.00. The second-order valence-corrected chi connectivity index (χ2v) is 8.56. The van der Waals surface area contributed by atoms with Crippen molar-refractivity contribution in [3.05, 3.63) is 52.9 Å². The van der Waals surface area contributed by atoms with E-state index in [1.54, 1.807) is 25.1 Å². The van der Waals surface area contributed by atoms with Crippen LogP contribution in [0.1, 0.15) is 41.2 Å². The van der Waals surface area contributed by atoms with Crippen LogP contribution in [0.4, 0.5) is 5.69 Å². The molecule has 1 N–H and O–H groups in total. The molecule has 1 heterocycles. The minimum Gasteiger partial charge on any atom is -0.462 e. The quantitative estimate of drug-likeness (QED) is 0.550. The molecule has 29 heavy (non-hydrogen) atoms. The summed E-state index contributed by atoms with van der Waals surface area (Å²) in [5, 5.41) is 2.64. The number of nitrogens with zero attached hydrogens (tertiary/aromatic N) is 1. The molecule has 0 atom stereocenters. The summed E-state index contributed by atoms with van der Waals surface area (Å²) in [7, 11) is -3.37. The molecule has 0 saturated heterocycles. The molecule has 0 bridgehead atoms. The minimum absolute atomic E-state index is 0.121.